The van der Waals surface area contributed by atoms with Gasteiger partial charge in [0.25, 0.3) is 5.91 Å². The van der Waals surface area contributed by atoms with Gasteiger partial charge in [-0.3, -0.25) is 4.79 Å². The van der Waals surface area contributed by atoms with Crippen LogP contribution in [0.3, 0.4) is 0 Å². The second kappa shape index (κ2) is 5.64. The van der Waals surface area contributed by atoms with Gasteiger partial charge in [-0.1, -0.05) is 12.1 Å². The number of para-hydroxylation sites is 2. The first kappa shape index (κ1) is 15.2. The third-order valence-electron chi connectivity index (χ3n) is 3.88. The molecule has 0 aliphatic carbocycles. The molecule has 2 aromatic heterocycles. The van der Waals surface area contributed by atoms with Crippen molar-refractivity contribution >= 4 is 39.3 Å². The Balaban J connectivity index is 1.91. The maximum absolute atomic E-state index is 11.8. The van der Waals surface area contributed by atoms with Crippen molar-refractivity contribution in [2.75, 3.05) is 16.0 Å². The molecule has 6 N–H and O–H groups in total. The fraction of sp³-hybridized carbons (Fsp3) is 0.0625. The number of fused-ring (bicyclic) bond motifs is 1. The molecule has 1 aromatic carbocycles. The molecule has 1 atom stereocenters. The van der Waals surface area contributed by atoms with Crippen molar-refractivity contribution in [1.29, 1.82) is 0 Å². The Kier molecular flexibility index (Phi) is 3.43. The van der Waals surface area contributed by atoms with E-state index in [2.05, 4.69) is 15.3 Å². The van der Waals surface area contributed by atoms with E-state index in [1.165, 1.54) is 17.5 Å². The van der Waals surface area contributed by atoms with E-state index in [9.17, 15) is 9.90 Å². The van der Waals surface area contributed by atoms with Gasteiger partial charge in [0.1, 0.15) is 6.17 Å². The number of nitrogens with two attached hydrogens (primary N) is 2. The summed E-state index contributed by atoms with van der Waals surface area (Å²) in [5.74, 6) is -0.749. The molecular weight excluding hydrogens is 340 g/mol. The number of carbonyl (C=O) groups is 1. The number of hydrogen-bond acceptors (Lipinski definition) is 8. The minimum Gasteiger partial charge on any atom is -0.479 e. The summed E-state index contributed by atoms with van der Waals surface area (Å²) in [5.41, 5.74) is 13.4. The number of aromatic hydroxyl groups is 1. The monoisotopic (exact) mass is 354 g/mol. The Hall–Kier alpha value is -3.33. The Morgan fingerprint density at radius 2 is 2.04 bits per heavy atom. The van der Waals surface area contributed by atoms with Gasteiger partial charge in [0.15, 0.2) is 5.69 Å². The van der Waals surface area contributed by atoms with Crippen molar-refractivity contribution in [3.05, 3.63) is 53.2 Å². The molecule has 25 heavy (non-hydrogen) atoms. The van der Waals surface area contributed by atoms with Gasteiger partial charge in [-0.15, -0.1) is 11.3 Å². The van der Waals surface area contributed by atoms with E-state index in [4.69, 9.17) is 11.5 Å². The molecule has 0 saturated carbocycles. The lowest BCUT2D eigenvalue weighted by Crippen LogP contribution is -2.26. The van der Waals surface area contributed by atoms with Crippen molar-refractivity contribution in [2.45, 2.75) is 6.17 Å². The number of carbonyl (C=O) groups excluding carboxylic acids is 1. The third-order valence-corrected chi connectivity index (χ3v) is 4.85. The quantitative estimate of drug-likeness (QED) is 0.567. The second-order valence-corrected chi connectivity index (χ2v) is 6.59. The van der Waals surface area contributed by atoms with Crippen LogP contribution in [0.25, 0.3) is 0 Å². The molecule has 0 bridgehead atoms. The van der Waals surface area contributed by atoms with E-state index in [1.807, 2.05) is 41.3 Å². The van der Waals surface area contributed by atoms with Crippen LogP contribution in [0.1, 0.15) is 21.5 Å². The smallest absolute Gasteiger partial charge is 0.314 e. The molecule has 0 saturated heterocycles. The molecule has 8 nitrogen and oxygen atoms in total. The molecule has 3 aromatic rings. The highest BCUT2D eigenvalue weighted by molar-refractivity contribution is 7.16. The number of hydrogen-bond donors (Lipinski definition) is 4. The number of benzene rings is 1. The normalized spacial score (nSPS) is 15.7. The van der Waals surface area contributed by atoms with E-state index >= 15 is 0 Å². The number of nitrogens with zero attached hydrogens (tertiary/aromatic N) is 3. The van der Waals surface area contributed by atoms with E-state index in [-0.39, 0.29) is 11.9 Å². The number of anilines is 4. The van der Waals surface area contributed by atoms with Crippen LogP contribution in [0.5, 0.6) is 6.01 Å². The molecule has 0 spiro atoms. The van der Waals surface area contributed by atoms with Gasteiger partial charge in [-0.05, 0) is 24.3 Å². The summed E-state index contributed by atoms with van der Waals surface area (Å²) in [6, 6.07) is 10.9. The van der Waals surface area contributed by atoms with E-state index in [0.29, 0.717) is 10.7 Å². The molecule has 0 radical (unpaired) electrons. The van der Waals surface area contributed by atoms with E-state index in [0.717, 1.165) is 16.3 Å². The Morgan fingerprint density at radius 1 is 1.24 bits per heavy atom. The zero-order valence-electron chi connectivity index (χ0n) is 12.9. The molecule has 0 fully saturated rings. The first-order valence-corrected chi connectivity index (χ1v) is 8.22. The molecule has 1 aliphatic heterocycles. The van der Waals surface area contributed by atoms with Gasteiger partial charge in [0.05, 0.1) is 28.3 Å². The van der Waals surface area contributed by atoms with E-state index in [1.54, 1.807) is 0 Å². The van der Waals surface area contributed by atoms with Crippen LogP contribution in [-0.4, -0.2) is 21.0 Å². The minimum atomic E-state index is -0.749. The predicted octanol–water partition coefficient (Wildman–Crippen LogP) is 2.19. The zero-order chi connectivity index (χ0) is 17.6. The van der Waals surface area contributed by atoms with Gasteiger partial charge >= 0.3 is 6.01 Å². The van der Waals surface area contributed by atoms with Crippen LogP contribution in [0.2, 0.25) is 0 Å². The standard InChI is InChI=1S/C16H14N6O2S/c17-12-6-5-11(25-12)15-20-8-3-1-2-4-9(8)22(15)10-7-19-16(24)21-13(10)14(18)23/h1-7,15,20H,17H2,(H2,18,23)(H,19,21,24). The molecular formula is C16H14N6O2S. The average molecular weight is 354 g/mol. The largest absolute Gasteiger partial charge is 0.479 e. The van der Waals surface area contributed by atoms with Crippen LogP contribution >= 0.6 is 11.3 Å². The lowest BCUT2D eigenvalue weighted by Gasteiger charge is -2.26. The van der Waals surface area contributed by atoms with E-state index < -0.39 is 11.9 Å². The first-order chi connectivity index (χ1) is 12.0. The van der Waals surface area contributed by atoms with Crippen molar-refractivity contribution in [3.8, 4) is 6.01 Å². The topological polar surface area (TPSA) is 130 Å². The molecule has 126 valence electrons. The van der Waals surface area contributed by atoms with Gasteiger partial charge in [-0.25, -0.2) is 4.98 Å². The van der Waals surface area contributed by atoms with Gasteiger partial charge < -0.3 is 26.8 Å². The minimum absolute atomic E-state index is 0.0551. The number of nitrogen functional groups attached to an aromatic ring is 1. The van der Waals surface area contributed by atoms with Crippen LogP contribution in [0.15, 0.2) is 42.6 Å². The van der Waals surface area contributed by atoms with Crippen molar-refractivity contribution in [3.63, 3.8) is 0 Å². The molecule has 9 heteroatoms. The Labute approximate surface area is 146 Å². The summed E-state index contributed by atoms with van der Waals surface area (Å²) in [7, 11) is 0. The number of rotatable bonds is 3. The molecule has 1 unspecified atom stereocenters. The number of aromatic nitrogens is 2. The van der Waals surface area contributed by atoms with Crippen LogP contribution in [0.4, 0.5) is 22.1 Å². The predicted molar refractivity (Wildman–Crippen MR) is 95.9 cm³/mol. The SMILES string of the molecule is NC(=O)c1nc(O)ncc1N1c2ccccc2NC1c1ccc(N)s1. The summed E-state index contributed by atoms with van der Waals surface area (Å²) in [4.78, 5) is 22.3. The van der Waals surface area contributed by atoms with Gasteiger partial charge in [0.2, 0.25) is 0 Å². The highest BCUT2D eigenvalue weighted by Gasteiger charge is 2.34. The van der Waals surface area contributed by atoms with Gasteiger partial charge in [0, 0.05) is 4.88 Å². The maximum Gasteiger partial charge on any atom is 0.314 e. The number of primary amides is 1. The second-order valence-electron chi connectivity index (χ2n) is 5.44. The summed E-state index contributed by atoms with van der Waals surface area (Å²) in [6.07, 6.45) is 1.09. The van der Waals surface area contributed by atoms with Crippen molar-refractivity contribution in [1.82, 2.24) is 9.97 Å². The van der Waals surface area contributed by atoms with Crippen molar-refractivity contribution < 1.29 is 9.90 Å². The van der Waals surface area contributed by atoms with Crippen molar-refractivity contribution in [2.24, 2.45) is 5.73 Å². The third kappa shape index (κ3) is 2.50. The number of thiophene rings is 1. The lowest BCUT2D eigenvalue weighted by molar-refractivity contribution is 0.0995. The Morgan fingerprint density at radius 3 is 2.76 bits per heavy atom. The lowest BCUT2D eigenvalue weighted by atomic mass is 10.2. The van der Waals surface area contributed by atoms with Crippen LogP contribution < -0.4 is 21.7 Å². The first-order valence-electron chi connectivity index (χ1n) is 7.40. The summed E-state index contributed by atoms with van der Waals surface area (Å²) in [6.45, 7) is 0. The number of nitrogens with one attached hydrogen (secondary N) is 1. The average Bonchev–Trinajstić information content (AvgIpc) is 3.18. The van der Waals surface area contributed by atoms with Crippen LogP contribution in [-0.2, 0) is 0 Å². The maximum atomic E-state index is 11.8. The molecule has 1 amide bonds. The highest BCUT2D eigenvalue weighted by Crippen LogP contribution is 2.47. The van der Waals surface area contributed by atoms with Gasteiger partial charge in [-0.2, -0.15) is 4.98 Å². The highest BCUT2D eigenvalue weighted by atomic mass is 32.1. The summed E-state index contributed by atoms with van der Waals surface area (Å²) < 4.78 is 0. The Bertz CT molecular complexity index is 973. The fourth-order valence-electron chi connectivity index (χ4n) is 2.86. The fourth-order valence-corrected chi connectivity index (χ4v) is 3.68. The zero-order valence-corrected chi connectivity index (χ0v) is 13.7. The summed E-state index contributed by atoms with van der Waals surface area (Å²) in [5, 5.41) is 13.6. The summed E-state index contributed by atoms with van der Waals surface area (Å²) >= 11 is 1.44. The molecule has 4 rings (SSSR count). The molecule has 3 heterocycles. The van der Waals surface area contributed by atoms with Crippen LogP contribution in [0, 0.1) is 0 Å². The molecule has 1 aliphatic rings. The number of amides is 1.